The van der Waals surface area contributed by atoms with Crippen molar-refractivity contribution in [1.82, 2.24) is 9.78 Å². The number of aliphatic hydroxyl groups excluding tert-OH is 1. The van der Waals surface area contributed by atoms with Gasteiger partial charge in [-0.1, -0.05) is 11.6 Å². The van der Waals surface area contributed by atoms with Gasteiger partial charge in [-0.25, -0.2) is 12.8 Å². The highest BCUT2D eigenvalue weighted by Gasteiger charge is 2.17. The van der Waals surface area contributed by atoms with E-state index in [4.69, 9.17) is 16.7 Å². The lowest BCUT2D eigenvalue weighted by molar-refractivity contribution is 0.269. The normalized spacial score (nSPS) is 11.6. The van der Waals surface area contributed by atoms with Gasteiger partial charge < -0.3 is 5.11 Å². The Kier molecular flexibility index (Phi) is 4.26. The molecule has 0 fully saturated rings. The molecule has 0 amide bonds. The largest absolute Gasteiger partial charge is 0.394 e. The Morgan fingerprint density at radius 3 is 2.85 bits per heavy atom. The maximum Gasteiger partial charge on any atom is 0.265 e. The van der Waals surface area contributed by atoms with Crippen molar-refractivity contribution in [3.05, 3.63) is 41.4 Å². The lowest BCUT2D eigenvalue weighted by atomic mass is 10.3. The van der Waals surface area contributed by atoms with Crippen LogP contribution in [0.25, 0.3) is 0 Å². The van der Waals surface area contributed by atoms with Gasteiger partial charge in [0.1, 0.15) is 10.7 Å². The first-order chi connectivity index (χ1) is 9.42. The number of hydrogen-bond acceptors (Lipinski definition) is 4. The van der Waals surface area contributed by atoms with Crippen LogP contribution < -0.4 is 4.72 Å². The second-order valence-corrected chi connectivity index (χ2v) is 5.99. The Bertz CT molecular complexity index is 717. The summed E-state index contributed by atoms with van der Waals surface area (Å²) in [7, 11) is -3.87. The number of aliphatic hydroxyl groups is 1. The van der Waals surface area contributed by atoms with E-state index in [9.17, 15) is 12.8 Å². The summed E-state index contributed by atoms with van der Waals surface area (Å²) in [5.74, 6) is -0.720. The molecule has 9 heteroatoms. The third-order valence-corrected chi connectivity index (χ3v) is 4.06. The highest BCUT2D eigenvalue weighted by atomic mass is 35.5. The fourth-order valence-electron chi connectivity index (χ4n) is 1.48. The topological polar surface area (TPSA) is 84.2 Å². The summed E-state index contributed by atoms with van der Waals surface area (Å²) in [6.07, 6.45) is 2.41. The molecule has 6 nitrogen and oxygen atoms in total. The van der Waals surface area contributed by atoms with Gasteiger partial charge in [0.05, 0.1) is 30.1 Å². The zero-order valence-corrected chi connectivity index (χ0v) is 11.7. The van der Waals surface area contributed by atoms with E-state index in [0.717, 1.165) is 12.3 Å². The lowest BCUT2D eigenvalue weighted by Crippen LogP contribution is -2.12. The van der Waals surface area contributed by atoms with Gasteiger partial charge in [0.15, 0.2) is 0 Å². The third-order valence-electron chi connectivity index (χ3n) is 2.42. The van der Waals surface area contributed by atoms with Gasteiger partial charge in [0.2, 0.25) is 0 Å². The molecule has 0 aliphatic carbocycles. The van der Waals surface area contributed by atoms with Crippen molar-refractivity contribution in [2.45, 2.75) is 11.4 Å². The van der Waals surface area contributed by atoms with Crippen molar-refractivity contribution >= 4 is 27.3 Å². The van der Waals surface area contributed by atoms with Crippen LogP contribution >= 0.6 is 11.6 Å². The van der Waals surface area contributed by atoms with Crippen LogP contribution in [0.4, 0.5) is 10.1 Å². The fraction of sp³-hybridized carbons (Fsp3) is 0.182. The maximum absolute atomic E-state index is 13.3. The fourth-order valence-corrected chi connectivity index (χ4v) is 2.60. The number of aromatic nitrogens is 2. The van der Waals surface area contributed by atoms with Crippen molar-refractivity contribution in [3.8, 4) is 0 Å². The number of benzene rings is 1. The first-order valence-corrected chi connectivity index (χ1v) is 7.39. The standard InChI is InChI=1S/C11H11ClFN3O3S/c12-10-2-1-8(5-11(10)13)15-20(18,19)9-6-14-16(7-9)3-4-17/h1-2,5-7,15,17H,3-4H2. The molecule has 2 rings (SSSR count). The molecule has 1 heterocycles. The van der Waals surface area contributed by atoms with E-state index in [1.54, 1.807) is 0 Å². The van der Waals surface area contributed by atoms with Crippen LogP contribution in [-0.2, 0) is 16.6 Å². The zero-order chi connectivity index (χ0) is 14.8. The third kappa shape index (κ3) is 3.27. The van der Waals surface area contributed by atoms with Crippen molar-refractivity contribution in [3.63, 3.8) is 0 Å². The first-order valence-electron chi connectivity index (χ1n) is 5.53. The molecule has 0 atom stereocenters. The van der Waals surface area contributed by atoms with Gasteiger partial charge in [-0.2, -0.15) is 5.10 Å². The minimum Gasteiger partial charge on any atom is -0.394 e. The molecule has 2 aromatic rings. The average molecular weight is 320 g/mol. The molecule has 0 unspecified atom stereocenters. The molecule has 0 aliphatic heterocycles. The number of nitrogens with zero attached hydrogens (tertiary/aromatic N) is 2. The second kappa shape index (κ2) is 5.78. The van der Waals surface area contributed by atoms with Gasteiger partial charge >= 0.3 is 0 Å². The summed E-state index contributed by atoms with van der Waals surface area (Å²) in [5, 5.41) is 12.4. The predicted octanol–water partition coefficient (Wildman–Crippen LogP) is 1.47. The van der Waals surface area contributed by atoms with E-state index in [1.165, 1.54) is 23.0 Å². The van der Waals surface area contributed by atoms with E-state index in [1.807, 2.05) is 0 Å². The molecular weight excluding hydrogens is 309 g/mol. The molecular formula is C11H11ClFN3O3S. The minimum absolute atomic E-state index is 0.0572. The van der Waals surface area contributed by atoms with Crippen molar-refractivity contribution in [1.29, 1.82) is 0 Å². The van der Waals surface area contributed by atoms with Crippen LogP contribution in [0, 0.1) is 5.82 Å². The molecule has 0 aliphatic rings. The Labute approximate surface area is 119 Å². The lowest BCUT2D eigenvalue weighted by Gasteiger charge is -2.06. The van der Waals surface area contributed by atoms with Crippen LogP contribution in [0.5, 0.6) is 0 Å². The average Bonchev–Trinajstić information content (AvgIpc) is 2.83. The predicted molar refractivity (Wildman–Crippen MR) is 71.5 cm³/mol. The van der Waals surface area contributed by atoms with E-state index < -0.39 is 15.8 Å². The Hall–Kier alpha value is -1.64. The quantitative estimate of drug-likeness (QED) is 0.874. The van der Waals surface area contributed by atoms with Crippen LogP contribution in [0.3, 0.4) is 0 Å². The van der Waals surface area contributed by atoms with Gasteiger partial charge in [0.25, 0.3) is 10.0 Å². The molecule has 0 bridgehead atoms. The summed E-state index contributed by atoms with van der Waals surface area (Å²) in [6, 6.07) is 3.59. The van der Waals surface area contributed by atoms with Crippen LogP contribution in [0.15, 0.2) is 35.5 Å². The van der Waals surface area contributed by atoms with Gasteiger partial charge in [0, 0.05) is 6.20 Å². The summed E-state index contributed by atoms with van der Waals surface area (Å²) >= 11 is 5.52. The van der Waals surface area contributed by atoms with Crippen LogP contribution in [0.2, 0.25) is 5.02 Å². The SMILES string of the molecule is O=S(=O)(Nc1ccc(Cl)c(F)c1)c1cnn(CCO)c1. The number of halogens is 2. The van der Waals surface area contributed by atoms with Crippen LogP contribution in [0.1, 0.15) is 0 Å². The molecule has 1 aromatic carbocycles. The Morgan fingerprint density at radius 2 is 2.20 bits per heavy atom. The first kappa shape index (κ1) is 14.8. The zero-order valence-electron chi connectivity index (χ0n) is 10.1. The second-order valence-electron chi connectivity index (χ2n) is 3.90. The van der Waals surface area contributed by atoms with Gasteiger partial charge in [-0.15, -0.1) is 0 Å². The van der Waals surface area contributed by atoms with E-state index in [2.05, 4.69) is 9.82 Å². The minimum atomic E-state index is -3.87. The number of anilines is 1. The molecule has 20 heavy (non-hydrogen) atoms. The molecule has 0 saturated heterocycles. The number of hydrogen-bond donors (Lipinski definition) is 2. The highest BCUT2D eigenvalue weighted by Crippen LogP contribution is 2.21. The molecule has 0 radical (unpaired) electrons. The summed E-state index contributed by atoms with van der Waals surface area (Å²) in [4.78, 5) is -0.0821. The van der Waals surface area contributed by atoms with Crippen molar-refractivity contribution in [2.24, 2.45) is 0 Å². The Morgan fingerprint density at radius 1 is 1.45 bits per heavy atom. The van der Waals surface area contributed by atoms with Crippen molar-refractivity contribution in [2.75, 3.05) is 11.3 Å². The number of sulfonamides is 1. The number of nitrogens with one attached hydrogen (secondary N) is 1. The summed E-state index contributed by atoms with van der Waals surface area (Å²) in [5.41, 5.74) is 0.0572. The molecule has 0 spiro atoms. The van der Waals surface area contributed by atoms with Gasteiger partial charge in [-0.05, 0) is 18.2 Å². The maximum atomic E-state index is 13.3. The van der Waals surface area contributed by atoms with Gasteiger partial charge in [-0.3, -0.25) is 9.40 Å². The smallest absolute Gasteiger partial charge is 0.265 e. The molecule has 0 saturated carbocycles. The van der Waals surface area contributed by atoms with Crippen LogP contribution in [-0.4, -0.2) is 29.9 Å². The van der Waals surface area contributed by atoms with E-state index in [0.29, 0.717) is 0 Å². The summed E-state index contributed by atoms with van der Waals surface area (Å²) < 4.78 is 40.8. The molecule has 2 N–H and O–H groups in total. The highest BCUT2D eigenvalue weighted by molar-refractivity contribution is 7.92. The monoisotopic (exact) mass is 319 g/mol. The van der Waals surface area contributed by atoms with Crippen molar-refractivity contribution < 1.29 is 17.9 Å². The molecule has 1 aromatic heterocycles. The molecule has 108 valence electrons. The van der Waals surface area contributed by atoms with E-state index in [-0.39, 0.29) is 28.8 Å². The Balaban J connectivity index is 2.23. The van der Waals surface area contributed by atoms with E-state index >= 15 is 0 Å². The summed E-state index contributed by atoms with van der Waals surface area (Å²) in [6.45, 7) is 0.0298. The number of rotatable bonds is 5.